The number of anilines is 1. The smallest absolute Gasteiger partial charge is 0.227 e. The van der Waals surface area contributed by atoms with E-state index in [4.69, 9.17) is 4.74 Å². The summed E-state index contributed by atoms with van der Waals surface area (Å²) in [4.78, 5) is 25.1. The number of likely N-dealkylation sites (tertiary alicyclic amines) is 1. The summed E-state index contributed by atoms with van der Waals surface area (Å²) in [5.41, 5.74) is 1.54. The van der Waals surface area contributed by atoms with Gasteiger partial charge in [0, 0.05) is 44.6 Å². The van der Waals surface area contributed by atoms with Gasteiger partial charge in [0.25, 0.3) is 0 Å². The molecule has 1 aromatic heterocycles. The van der Waals surface area contributed by atoms with Crippen LogP contribution in [-0.4, -0.2) is 53.6 Å². The number of carbonyl (C=O) groups excluding carboxylic acids is 1. The molecule has 33 heavy (non-hydrogen) atoms. The minimum Gasteiger partial charge on any atom is -0.493 e. The molecule has 1 aromatic carbocycles. The van der Waals surface area contributed by atoms with Gasteiger partial charge in [-0.15, -0.1) is 0 Å². The second-order valence-corrected chi connectivity index (χ2v) is 9.85. The average Bonchev–Trinajstić information content (AvgIpc) is 3.55. The van der Waals surface area contributed by atoms with E-state index in [9.17, 15) is 9.18 Å². The van der Waals surface area contributed by atoms with Gasteiger partial charge in [-0.1, -0.05) is 6.07 Å². The number of carbonyl (C=O) groups is 1. The maximum Gasteiger partial charge on any atom is 0.227 e. The number of amides is 1. The van der Waals surface area contributed by atoms with Crippen molar-refractivity contribution in [1.82, 2.24) is 14.9 Å². The zero-order valence-corrected chi connectivity index (χ0v) is 19.4. The van der Waals surface area contributed by atoms with E-state index in [-0.39, 0.29) is 18.1 Å². The molecule has 2 aromatic rings. The summed E-state index contributed by atoms with van der Waals surface area (Å²) in [5, 5.41) is 0. The van der Waals surface area contributed by atoms with E-state index in [0.717, 1.165) is 68.3 Å². The molecule has 3 aliphatic rings. The Morgan fingerprint density at radius 2 is 1.91 bits per heavy atom. The number of nitrogens with zero attached hydrogens (tertiary/aromatic N) is 4. The van der Waals surface area contributed by atoms with Gasteiger partial charge in [-0.2, -0.15) is 0 Å². The molecule has 0 N–H and O–H groups in total. The van der Waals surface area contributed by atoms with E-state index in [1.54, 1.807) is 17.0 Å². The molecule has 0 radical (unpaired) electrons. The van der Waals surface area contributed by atoms with Gasteiger partial charge in [-0.25, -0.2) is 14.4 Å². The van der Waals surface area contributed by atoms with Gasteiger partial charge >= 0.3 is 0 Å². The normalized spacial score (nSPS) is 22.7. The molecule has 2 atom stereocenters. The summed E-state index contributed by atoms with van der Waals surface area (Å²) in [5.74, 6) is 3.34. The van der Waals surface area contributed by atoms with Gasteiger partial charge in [0.1, 0.15) is 11.6 Å². The highest BCUT2D eigenvalue weighted by Crippen LogP contribution is 2.49. The Bertz CT molecular complexity index is 971. The minimum atomic E-state index is -0.352. The zero-order valence-electron chi connectivity index (χ0n) is 19.4. The van der Waals surface area contributed by atoms with Crippen molar-refractivity contribution < 1.29 is 13.9 Å². The predicted octanol–water partition coefficient (Wildman–Crippen LogP) is 4.02. The number of ether oxygens (including phenoxy) is 1. The second-order valence-electron chi connectivity index (χ2n) is 9.85. The highest BCUT2D eigenvalue weighted by Gasteiger charge is 2.43. The number of benzene rings is 1. The summed E-state index contributed by atoms with van der Waals surface area (Å²) >= 11 is 0. The van der Waals surface area contributed by atoms with Gasteiger partial charge in [0.2, 0.25) is 11.9 Å². The average molecular weight is 453 g/mol. The SMILES string of the molecule is Cc1cnc(N2CCC([C@H]3C[C@H]3CCOc3ccc(CC(=O)N4CCC4)c(F)c3)CC2)nc1. The topological polar surface area (TPSA) is 58.6 Å². The van der Waals surface area contributed by atoms with Crippen molar-refractivity contribution in [2.45, 2.75) is 45.4 Å². The Balaban J connectivity index is 1.02. The van der Waals surface area contributed by atoms with Gasteiger partial charge in [0.15, 0.2) is 0 Å². The molecule has 1 saturated carbocycles. The molecule has 1 aliphatic carbocycles. The summed E-state index contributed by atoms with van der Waals surface area (Å²) < 4.78 is 20.2. The summed E-state index contributed by atoms with van der Waals surface area (Å²) in [6.45, 7) is 6.27. The lowest BCUT2D eigenvalue weighted by Crippen LogP contribution is -2.42. The molecule has 0 bridgehead atoms. The number of aryl methyl sites for hydroxylation is 1. The first-order valence-electron chi connectivity index (χ1n) is 12.3. The molecular weight excluding hydrogens is 419 g/mol. The van der Waals surface area contributed by atoms with E-state index < -0.39 is 0 Å². The quantitative estimate of drug-likeness (QED) is 0.606. The third-order valence-corrected chi connectivity index (χ3v) is 7.50. The van der Waals surface area contributed by atoms with Crippen LogP contribution >= 0.6 is 0 Å². The lowest BCUT2D eigenvalue weighted by molar-refractivity contribution is -0.133. The largest absolute Gasteiger partial charge is 0.493 e. The van der Waals surface area contributed by atoms with Crippen LogP contribution < -0.4 is 9.64 Å². The highest BCUT2D eigenvalue weighted by molar-refractivity contribution is 5.79. The number of hydrogen-bond acceptors (Lipinski definition) is 5. The Kier molecular flexibility index (Phi) is 6.47. The molecule has 0 spiro atoms. The minimum absolute atomic E-state index is 0.00539. The van der Waals surface area contributed by atoms with Crippen molar-refractivity contribution in [2.75, 3.05) is 37.7 Å². The maximum absolute atomic E-state index is 14.4. The van der Waals surface area contributed by atoms with Crippen molar-refractivity contribution in [2.24, 2.45) is 17.8 Å². The number of piperidine rings is 1. The van der Waals surface area contributed by atoms with Crippen LogP contribution in [0.15, 0.2) is 30.6 Å². The number of rotatable bonds is 8. The fraction of sp³-hybridized carbons (Fsp3) is 0.577. The van der Waals surface area contributed by atoms with E-state index in [1.807, 2.05) is 19.3 Å². The monoisotopic (exact) mass is 452 g/mol. The Morgan fingerprint density at radius 3 is 2.58 bits per heavy atom. The number of hydrogen-bond donors (Lipinski definition) is 0. The molecule has 0 unspecified atom stereocenters. The lowest BCUT2D eigenvalue weighted by atomic mass is 9.90. The molecule has 7 heteroatoms. The lowest BCUT2D eigenvalue weighted by Gasteiger charge is -2.32. The molecule has 5 rings (SSSR count). The van der Waals surface area contributed by atoms with Crippen molar-refractivity contribution in [3.05, 3.63) is 47.5 Å². The van der Waals surface area contributed by atoms with Crippen LogP contribution in [0.1, 0.15) is 43.2 Å². The van der Waals surface area contributed by atoms with E-state index in [2.05, 4.69) is 14.9 Å². The molecule has 2 saturated heterocycles. The summed E-state index contributed by atoms with van der Waals surface area (Å²) in [6.07, 6.45) is 9.64. The molecule has 3 heterocycles. The predicted molar refractivity (Wildman–Crippen MR) is 125 cm³/mol. The third kappa shape index (κ3) is 5.28. The number of aromatic nitrogens is 2. The first kappa shape index (κ1) is 22.1. The molecule has 3 fully saturated rings. The van der Waals surface area contributed by atoms with E-state index >= 15 is 0 Å². The maximum atomic E-state index is 14.4. The van der Waals surface area contributed by atoms with Crippen LogP contribution in [0, 0.1) is 30.5 Å². The second kappa shape index (κ2) is 9.65. The Morgan fingerprint density at radius 1 is 1.15 bits per heavy atom. The van der Waals surface area contributed by atoms with Gasteiger partial charge in [-0.05, 0) is 74.0 Å². The van der Waals surface area contributed by atoms with Gasteiger partial charge in [-0.3, -0.25) is 4.79 Å². The van der Waals surface area contributed by atoms with Gasteiger partial charge < -0.3 is 14.5 Å². The Hall–Kier alpha value is -2.70. The van der Waals surface area contributed by atoms with Crippen LogP contribution in [-0.2, 0) is 11.2 Å². The van der Waals surface area contributed by atoms with Crippen LogP contribution in [0.25, 0.3) is 0 Å². The van der Waals surface area contributed by atoms with Crippen LogP contribution in [0.2, 0.25) is 0 Å². The Labute approximate surface area is 195 Å². The van der Waals surface area contributed by atoms with Crippen molar-refractivity contribution in [3.63, 3.8) is 0 Å². The molecule has 1 amide bonds. The molecule has 2 aliphatic heterocycles. The van der Waals surface area contributed by atoms with Gasteiger partial charge in [0.05, 0.1) is 13.0 Å². The highest BCUT2D eigenvalue weighted by atomic mass is 19.1. The third-order valence-electron chi connectivity index (χ3n) is 7.50. The zero-order chi connectivity index (χ0) is 22.8. The van der Waals surface area contributed by atoms with Crippen molar-refractivity contribution in [1.29, 1.82) is 0 Å². The fourth-order valence-corrected chi connectivity index (χ4v) is 5.19. The van der Waals surface area contributed by atoms with Crippen molar-refractivity contribution >= 4 is 11.9 Å². The number of halogens is 1. The summed E-state index contributed by atoms with van der Waals surface area (Å²) in [7, 11) is 0. The first-order valence-corrected chi connectivity index (χ1v) is 12.3. The van der Waals surface area contributed by atoms with E-state index in [1.165, 1.54) is 25.3 Å². The molecular formula is C26H33FN4O2. The van der Waals surface area contributed by atoms with Crippen molar-refractivity contribution in [3.8, 4) is 5.75 Å². The first-order chi connectivity index (χ1) is 16.1. The molecule has 6 nitrogen and oxygen atoms in total. The van der Waals surface area contributed by atoms with Crippen LogP contribution in [0.5, 0.6) is 5.75 Å². The standard InChI is InChI=1S/C26H33FN4O2/c1-18-16-28-26(29-17-18)31-10-5-19(6-11-31)23-13-20(23)7-12-33-22-4-3-21(24(27)15-22)14-25(32)30-8-2-9-30/h3-4,15-17,19-20,23H,2,5-14H2,1H3/t20-,23-/m1/s1. The summed E-state index contributed by atoms with van der Waals surface area (Å²) in [6, 6.07) is 4.90. The van der Waals surface area contributed by atoms with Crippen LogP contribution in [0.3, 0.4) is 0 Å². The van der Waals surface area contributed by atoms with E-state index in [0.29, 0.717) is 17.9 Å². The van der Waals surface area contributed by atoms with Crippen LogP contribution in [0.4, 0.5) is 10.3 Å². The molecule has 176 valence electrons. The fourth-order valence-electron chi connectivity index (χ4n) is 5.19.